The number of hydrogen-bond donors (Lipinski definition) is 11. The Bertz CT molecular complexity index is 1920. The minimum Gasteiger partial charge on any atom is -0.481 e. The number of nitrogens with one attached hydrogen (secondary N) is 6. The molecule has 1 saturated heterocycles. The van der Waals surface area contributed by atoms with Gasteiger partial charge in [-0.05, 0) is 50.3 Å². The number of nitrogens with two attached hydrogens (primary N) is 3. The van der Waals surface area contributed by atoms with Crippen molar-refractivity contribution in [1.29, 1.82) is 0 Å². The lowest BCUT2D eigenvalue weighted by Gasteiger charge is -2.29. The van der Waals surface area contributed by atoms with Gasteiger partial charge in [0.25, 0.3) is 0 Å². The maximum atomic E-state index is 14.2. The number of aliphatic carboxylic acids is 2. The van der Waals surface area contributed by atoms with Crippen LogP contribution in [0.1, 0.15) is 56.2 Å². The first-order valence-electron chi connectivity index (χ1n) is 18.4. The van der Waals surface area contributed by atoms with Gasteiger partial charge in [0.2, 0.25) is 35.4 Å². The second-order valence-electron chi connectivity index (χ2n) is 13.8. The van der Waals surface area contributed by atoms with Gasteiger partial charge in [-0.3, -0.25) is 33.6 Å². The third kappa shape index (κ3) is 12.3. The predicted molar refractivity (Wildman–Crippen MR) is 201 cm³/mol. The van der Waals surface area contributed by atoms with Gasteiger partial charge in [0.1, 0.15) is 30.2 Å². The van der Waals surface area contributed by atoms with Gasteiger partial charge >= 0.3 is 11.9 Å². The summed E-state index contributed by atoms with van der Waals surface area (Å²) in [5.41, 5.74) is 18.2. The lowest BCUT2D eigenvalue weighted by atomic mass is 10.0. The molecular formula is C36H49N11O10. The van der Waals surface area contributed by atoms with Crippen LogP contribution in [0.25, 0.3) is 10.9 Å². The number of H-pyrrole nitrogens is 2. The highest BCUT2D eigenvalue weighted by molar-refractivity contribution is 5.98. The van der Waals surface area contributed by atoms with E-state index >= 15 is 0 Å². The number of fused-ring (bicyclic) bond motifs is 1. The molecule has 0 unspecified atom stereocenters. The molecular weight excluding hydrogens is 746 g/mol. The van der Waals surface area contributed by atoms with Crippen molar-refractivity contribution in [2.75, 3.05) is 13.1 Å². The van der Waals surface area contributed by atoms with E-state index in [0.717, 1.165) is 10.9 Å². The number of aromatic nitrogens is 3. The number of likely N-dealkylation sites (tertiary alicyclic amines) is 1. The fraction of sp³-hybridized carbons (Fsp3) is 0.472. The number of rotatable bonds is 22. The number of nitrogens with zero attached hydrogens (tertiary/aromatic N) is 2. The highest BCUT2D eigenvalue weighted by Crippen LogP contribution is 2.23. The third-order valence-corrected chi connectivity index (χ3v) is 9.50. The Labute approximate surface area is 326 Å². The van der Waals surface area contributed by atoms with Crippen molar-refractivity contribution >= 4 is 58.3 Å². The topological polar surface area (TPSA) is 351 Å². The molecule has 1 aliphatic heterocycles. The number of carboxylic acid groups (broad SMARTS) is 2. The first kappa shape index (κ1) is 43.4. The molecule has 4 rings (SSSR count). The number of carbonyl (C=O) groups excluding carboxylic acids is 6. The molecule has 3 heterocycles. The summed E-state index contributed by atoms with van der Waals surface area (Å²) in [7, 11) is 0. The fourth-order valence-electron chi connectivity index (χ4n) is 6.58. The van der Waals surface area contributed by atoms with Gasteiger partial charge in [0, 0.05) is 48.4 Å². The minimum absolute atomic E-state index is 0.00985. The molecule has 308 valence electrons. The normalized spacial score (nSPS) is 16.5. The second kappa shape index (κ2) is 20.5. The standard InChI is InChI=1S/C36H49N11O10/c37-10-4-3-8-24(43-31(51)22(38)14-29(39)48)32(52)45-26(15-30(49)50)34(54)44-25(13-20-17-40-18-42-20)33(53)46-27(35(55)47-11-5-9-28(47)36(56)57)12-19-16-41-23-7-2-1-6-21(19)23/h1-2,6-7,16-18,22,24-28,41H,3-5,8-15,37-38H2,(H2,39,48)(H,40,42)(H,43,51)(H,44,54)(H,45,52)(H,46,53)(H,49,50)(H,56,57)/t22-,24-,25-,26-,27-,28-/m0/s1. The highest BCUT2D eigenvalue weighted by Gasteiger charge is 2.39. The molecule has 21 heteroatoms. The van der Waals surface area contributed by atoms with Crippen LogP contribution >= 0.6 is 0 Å². The van der Waals surface area contributed by atoms with Crippen LogP contribution in [0.2, 0.25) is 0 Å². The summed E-state index contributed by atoms with van der Waals surface area (Å²) >= 11 is 0. The molecule has 3 aromatic rings. The molecule has 6 amide bonds. The van der Waals surface area contributed by atoms with Crippen LogP contribution < -0.4 is 38.5 Å². The molecule has 21 nitrogen and oxygen atoms in total. The van der Waals surface area contributed by atoms with E-state index in [2.05, 4.69) is 36.2 Å². The summed E-state index contributed by atoms with van der Waals surface area (Å²) in [5, 5.41) is 30.2. The summed E-state index contributed by atoms with van der Waals surface area (Å²) < 4.78 is 0. The van der Waals surface area contributed by atoms with E-state index < -0.39 is 96.5 Å². The largest absolute Gasteiger partial charge is 0.481 e. The van der Waals surface area contributed by atoms with Gasteiger partial charge in [-0.1, -0.05) is 18.2 Å². The van der Waals surface area contributed by atoms with E-state index in [1.165, 1.54) is 17.4 Å². The summed E-state index contributed by atoms with van der Waals surface area (Å²) in [6.45, 7) is 0.408. The molecule has 1 aliphatic rings. The Kier molecular flexibility index (Phi) is 15.6. The van der Waals surface area contributed by atoms with Crippen molar-refractivity contribution in [2.24, 2.45) is 17.2 Å². The third-order valence-electron chi connectivity index (χ3n) is 9.50. The molecule has 57 heavy (non-hydrogen) atoms. The van der Waals surface area contributed by atoms with Crippen molar-refractivity contribution < 1.29 is 48.6 Å². The van der Waals surface area contributed by atoms with E-state index in [0.29, 0.717) is 30.5 Å². The van der Waals surface area contributed by atoms with Gasteiger partial charge in [-0.2, -0.15) is 0 Å². The molecule has 1 fully saturated rings. The molecule has 14 N–H and O–H groups in total. The average molecular weight is 796 g/mol. The Morgan fingerprint density at radius 3 is 2.18 bits per heavy atom. The monoisotopic (exact) mass is 795 g/mol. The van der Waals surface area contributed by atoms with E-state index in [1.54, 1.807) is 12.3 Å². The lowest BCUT2D eigenvalue weighted by Crippen LogP contribution is -2.60. The van der Waals surface area contributed by atoms with E-state index in [4.69, 9.17) is 17.2 Å². The maximum Gasteiger partial charge on any atom is 0.326 e. The minimum atomic E-state index is -1.77. The van der Waals surface area contributed by atoms with E-state index in [9.17, 15) is 48.6 Å². The lowest BCUT2D eigenvalue weighted by molar-refractivity contribution is -0.149. The van der Waals surface area contributed by atoms with Gasteiger partial charge in [-0.15, -0.1) is 0 Å². The fourth-order valence-corrected chi connectivity index (χ4v) is 6.58. The summed E-state index contributed by atoms with van der Waals surface area (Å²) in [6, 6.07) is -1.11. The average Bonchev–Trinajstić information content (AvgIpc) is 3.95. The molecule has 6 atom stereocenters. The van der Waals surface area contributed by atoms with Crippen molar-refractivity contribution in [3.05, 3.63) is 54.2 Å². The van der Waals surface area contributed by atoms with E-state index in [1.807, 2.05) is 18.2 Å². The summed E-state index contributed by atoms with van der Waals surface area (Å²) in [5.74, 6) is -8.00. The first-order chi connectivity index (χ1) is 27.2. The van der Waals surface area contributed by atoms with Crippen molar-refractivity contribution in [1.82, 2.24) is 41.1 Å². The number of para-hydroxylation sites is 1. The van der Waals surface area contributed by atoms with Gasteiger partial charge in [0.15, 0.2) is 0 Å². The second-order valence-corrected chi connectivity index (χ2v) is 13.8. The zero-order chi connectivity index (χ0) is 41.6. The molecule has 0 bridgehead atoms. The number of benzene rings is 1. The number of hydrogen-bond acceptors (Lipinski definition) is 11. The number of unbranched alkanes of at least 4 members (excludes halogenated alkanes) is 1. The zero-order valence-electron chi connectivity index (χ0n) is 31.1. The van der Waals surface area contributed by atoms with Crippen LogP contribution in [0.15, 0.2) is 43.0 Å². The highest BCUT2D eigenvalue weighted by atomic mass is 16.4. The van der Waals surface area contributed by atoms with E-state index in [-0.39, 0.29) is 38.8 Å². The van der Waals surface area contributed by atoms with Crippen molar-refractivity contribution in [2.45, 2.75) is 94.0 Å². The molecule has 0 spiro atoms. The number of carbonyl (C=O) groups is 8. The number of carboxylic acids is 2. The van der Waals surface area contributed by atoms with Crippen LogP contribution in [-0.2, 0) is 51.2 Å². The maximum absolute atomic E-state index is 14.2. The first-order valence-corrected chi connectivity index (χ1v) is 18.4. The number of imidazole rings is 1. The Hall–Kier alpha value is -6.35. The molecule has 0 saturated carbocycles. The number of amides is 6. The van der Waals surface area contributed by atoms with Crippen LogP contribution in [0.4, 0.5) is 0 Å². The zero-order valence-corrected chi connectivity index (χ0v) is 31.1. The van der Waals surface area contributed by atoms with Crippen LogP contribution in [0.5, 0.6) is 0 Å². The van der Waals surface area contributed by atoms with Crippen molar-refractivity contribution in [3.63, 3.8) is 0 Å². The molecule has 0 radical (unpaired) electrons. The van der Waals surface area contributed by atoms with Gasteiger partial charge < -0.3 is 63.5 Å². The van der Waals surface area contributed by atoms with Gasteiger partial charge in [0.05, 0.1) is 25.2 Å². The predicted octanol–water partition coefficient (Wildman–Crippen LogP) is -2.50. The summed E-state index contributed by atoms with van der Waals surface area (Å²) in [4.78, 5) is 115. The molecule has 1 aromatic carbocycles. The Balaban J connectivity index is 1.59. The Morgan fingerprint density at radius 2 is 1.51 bits per heavy atom. The quantitative estimate of drug-likeness (QED) is 0.0469. The van der Waals surface area contributed by atoms with Crippen molar-refractivity contribution in [3.8, 4) is 0 Å². The van der Waals surface area contributed by atoms with Crippen LogP contribution in [0.3, 0.4) is 0 Å². The van der Waals surface area contributed by atoms with Gasteiger partial charge in [-0.25, -0.2) is 9.78 Å². The number of aromatic amines is 2. The Morgan fingerprint density at radius 1 is 0.842 bits per heavy atom. The van der Waals surface area contributed by atoms with Crippen LogP contribution in [-0.4, -0.2) is 127 Å². The number of primary amides is 1. The van der Waals surface area contributed by atoms with Crippen LogP contribution in [0, 0.1) is 0 Å². The SMILES string of the molecule is NCCCC[C@H](NC(=O)[C@@H](N)CC(N)=O)C(=O)N[C@@H](CC(=O)O)C(=O)N[C@@H](Cc1cnc[nH]1)C(=O)N[C@@H](Cc1c[nH]c2ccccc12)C(=O)N1CCC[C@H]1C(=O)O. The summed E-state index contributed by atoms with van der Waals surface area (Å²) in [6.07, 6.45) is 4.12. The molecule has 2 aromatic heterocycles. The smallest absolute Gasteiger partial charge is 0.326 e. The molecule has 0 aliphatic carbocycles.